The quantitative estimate of drug-likeness (QED) is 0.743. The first-order valence-electron chi connectivity index (χ1n) is 6.29. The third kappa shape index (κ3) is 2.38. The lowest BCUT2D eigenvalue weighted by Crippen LogP contribution is -2.50. The van der Waals surface area contributed by atoms with Gasteiger partial charge in [0.1, 0.15) is 0 Å². The van der Waals surface area contributed by atoms with E-state index in [1.165, 1.54) is 0 Å². The minimum absolute atomic E-state index is 0.0576. The first-order chi connectivity index (χ1) is 7.64. The summed E-state index contributed by atoms with van der Waals surface area (Å²) in [6.07, 6.45) is 2.93. The maximum atomic E-state index is 12.2. The number of carbonyl (C=O) groups is 1. The monoisotopic (exact) mass is 226 g/mol. The Morgan fingerprint density at radius 2 is 2.44 bits per heavy atom. The van der Waals surface area contributed by atoms with Crippen LogP contribution in [-0.4, -0.2) is 37.2 Å². The Kier molecular flexibility index (Phi) is 3.50. The fraction of sp³-hybridized carbons (Fsp3) is 0.917. The second-order valence-corrected chi connectivity index (χ2v) is 5.19. The van der Waals surface area contributed by atoms with Gasteiger partial charge in [-0.05, 0) is 32.7 Å². The van der Waals surface area contributed by atoms with Crippen LogP contribution in [0.25, 0.3) is 0 Å². The molecule has 92 valence electrons. The van der Waals surface area contributed by atoms with Crippen LogP contribution in [0.4, 0.5) is 0 Å². The smallest absolute Gasteiger partial charge is 0.226 e. The van der Waals surface area contributed by atoms with Crippen LogP contribution < -0.4 is 10.6 Å². The van der Waals surface area contributed by atoms with Gasteiger partial charge in [0.2, 0.25) is 5.91 Å². The molecule has 4 heteroatoms. The molecule has 3 unspecified atom stereocenters. The average Bonchev–Trinajstić information content (AvgIpc) is 2.85. The van der Waals surface area contributed by atoms with Gasteiger partial charge in [-0.25, -0.2) is 0 Å². The molecule has 0 spiro atoms. The first-order valence-corrected chi connectivity index (χ1v) is 6.29. The minimum atomic E-state index is -0.0576. The number of carbonyl (C=O) groups excluding carboxylic acids is 1. The molecule has 0 radical (unpaired) electrons. The summed E-state index contributed by atoms with van der Waals surface area (Å²) in [4.78, 5) is 12.2. The third-order valence-corrected chi connectivity index (χ3v) is 3.74. The molecule has 0 aliphatic carbocycles. The maximum absolute atomic E-state index is 12.2. The molecule has 4 nitrogen and oxygen atoms in total. The van der Waals surface area contributed by atoms with E-state index in [0.29, 0.717) is 0 Å². The van der Waals surface area contributed by atoms with Crippen LogP contribution in [0.1, 0.15) is 33.1 Å². The van der Waals surface area contributed by atoms with Gasteiger partial charge in [-0.1, -0.05) is 6.92 Å². The summed E-state index contributed by atoms with van der Waals surface area (Å²) in [6.45, 7) is 6.79. The molecule has 2 heterocycles. The zero-order valence-electron chi connectivity index (χ0n) is 10.2. The summed E-state index contributed by atoms with van der Waals surface area (Å²) in [6, 6.07) is 0. The lowest BCUT2D eigenvalue weighted by molar-refractivity contribution is -0.128. The molecule has 0 aromatic rings. The van der Waals surface area contributed by atoms with Crippen LogP contribution in [-0.2, 0) is 9.53 Å². The Labute approximate surface area is 97.1 Å². The zero-order chi connectivity index (χ0) is 11.6. The molecular weight excluding hydrogens is 204 g/mol. The standard InChI is InChI=1S/C12H22N2O2/c1-3-10-9(4-7-16-10)11(15)14-12(2)5-6-13-8-12/h9-10,13H,3-8H2,1-2H3,(H,14,15). The molecule has 2 N–H and O–H groups in total. The Hall–Kier alpha value is -0.610. The molecule has 2 saturated heterocycles. The summed E-state index contributed by atoms with van der Waals surface area (Å²) in [5, 5.41) is 6.47. The minimum Gasteiger partial charge on any atom is -0.377 e. The van der Waals surface area contributed by atoms with E-state index in [-0.39, 0.29) is 23.5 Å². The number of nitrogens with one attached hydrogen (secondary N) is 2. The van der Waals surface area contributed by atoms with Crippen molar-refractivity contribution in [3.8, 4) is 0 Å². The summed E-state index contributed by atoms with van der Waals surface area (Å²) in [5.41, 5.74) is -0.0576. The van der Waals surface area contributed by atoms with E-state index in [1.807, 2.05) is 0 Å². The lowest BCUT2D eigenvalue weighted by Gasteiger charge is -2.27. The van der Waals surface area contributed by atoms with Gasteiger partial charge in [-0.3, -0.25) is 4.79 Å². The summed E-state index contributed by atoms with van der Waals surface area (Å²) >= 11 is 0. The van der Waals surface area contributed by atoms with Crippen molar-refractivity contribution in [3.63, 3.8) is 0 Å². The normalized spacial score (nSPS) is 38.9. The van der Waals surface area contributed by atoms with E-state index in [4.69, 9.17) is 4.74 Å². The van der Waals surface area contributed by atoms with E-state index >= 15 is 0 Å². The van der Waals surface area contributed by atoms with E-state index in [2.05, 4.69) is 24.5 Å². The van der Waals surface area contributed by atoms with Crippen LogP contribution in [0.2, 0.25) is 0 Å². The van der Waals surface area contributed by atoms with Crippen LogP contribution in [0.3, 0.4) is 0 Å². The predicted molar refractivity (Wildman–Crippen MR) is 62.2 cm³/mol. The van der Waals surface area contributed by atoms with E-state index < -0.39 is 0 Å². The van der Waals surface area contributed by atoms with Crippen LogP contribution in [0.5, 0.6) is 0 Å². The van der Waals surface area contributed by atoms with Crippen molar-refractivity contribution in [3.05, 3.63) is 0 Å². The van der Waals surface area contributed by atoms with Gasteiger partial charge in [0, 0.05) is 13.2 Å². The topological polar surface area (TPSA) is 50.4 Å². The van der Waals surface area contributed by atoms with Crippen molar-refractivity contribution in [2.24, 2.45) is 5.92 Å². The highest BCUT2D eigenvalue weighted by Gasteiger charge is 2.37. The van der Waals surface area contributed by atoms with Crippen molar-refractivity contribution in [1.82, 2.24) is 10.6 Å². The molecule has 1 amide bonds. The first kappa shape index (κ1) is 11.9. The number of rotatable bonds is 3. The third-order valence-electron chi connectivity index (χ3n) is 3.74. The second-order valence-electron chi connectivity index (χ2n) is 5.19. The van der Waals surface area contributed by atoms with Crippen LogP contribution >= 0.6 is 0 Å². The largest absolute Gasteiger partial charge is 0.377 e. The van der Waals surface area contributed by atoms with Crippen molar-refractivity contribution < 1.29 is 9.53 Å². The summed E-state index contributed by atoms with van der Waals surface area (Å²) < 4.78 is 5.56. The number of ether oxygens (including phenoxy) is 1. The number of amides is 1. The number of hydrogen-bond acceptors (Lipinski definition) is 3. The van der Waals surface area contributed by atoms with Crippen molar-refractivity contribution in [2.75, 3.05) is 19.7 Å². The van der Waals surface area contributed by atoms with Crippen molar-refractivity contribution in [1.29, 1.82) is 0 Å². The molecule has 0 aromatic carbocycles. The summed E-state index contributed by atoms with van der Waals surface area (Å²) in [7, 11) is 0. The van der Waals surface area contributed by atoms with E-state index in [0.717, 1.165) is 39.0 Å². The molecule has 3 atom stereocenters. The molecule has 0 bridgehead atoms. The highest BCUT2D eigenvalue weighted by molar-refractivity contribution is 5.80. The van der Waals surface area contributed by atoms with Gasteiger partial charge < -0.3 is 15.4 Å². The van der Waals surface area contributed by atoms with Gasteiger partial charge >= 0.3 is 0 Å². The molecule has 2 aliphatic rings. The molecule has 0 saturated carbocycles. The fourth-order valence-electron chi connectivity index (χ4n) is 2.66. The lowest BCUT2D eigenvalue weighted by atomic mass is 9.95. The molecular formula is C12H22N2O2. The van der Waals surface area contributed by atoms with Gasteiger partial charge in [-0.15, -0.1) is 0 Å². The number of hydrogen-bond donors (Lipinski definition) is 2. The fourth-order valence-corrected chi connectivity index (χ4v) is 2.66. The Balaban J connectivity index is 1.92. The van der Waals surface area contributed by atoms with Crippen LogP contribution in [0, 0.1) is 5.92 Å². The Morgan fingerprint density at radius 3 is 3.06 bits per heavy atom. The van der Waals surface area contributed by atoms with Crippen molar-refractivity contribution >= 4 is 5.91 Å². The molecule has 2 aliphatic heterocycles. The summed E-state index contributed by atoms with van der Waals surface area (Å²) in [5.74, 6) is 0.234. The SMILES string of the molecule is CCC1OCCC1C(=O)NC1(C)CCNC1. The molecule has 16 heavy (non-hydrogen) atoms. The highest BCUT2D eigenvalue weighted by Crippen LogP contribution is 2.25. The Bertz CT molecular complexity index is 262. The van der Waals surface area contributed by atoms with Gasteiger partial charge in [0.25, 0.3) is 0 Å². The van der Waals surface area contributed by atoms with Gasteiger partial charge in [-0.2, -0.15) is 0 Å². The maximum Gasteiger partial charge on any atom is 0.226 e. The van der Waals surface area contributed by atoms with E-state index in [1.54, 1.807) is 0 Å². The van der Waals surface area contributed by atoms with Crippen LogP contribution in [0.15, 0.2) is 0 Å². The van der Waals surface area contributed by atoms with E-state index in [9.17, 15) is 4.79 Å². The van der Waals surface area contributed by atoms with Crippen molar-refractivity contribution in [2.45, 2.75) is 44.8 Å². The highest BCUT2D eigenvalue weighted by atomic mass is 16.5. The molecule has 2 rings (SSSR count). The predicted octanol–water partition coefficient (Wildman–Crippen LogP) is 0.670. The average molecular weight is 226 g/mol. The second kappa shape index (κ2) is 4.72. The molecule has 0 aromatic heterocycles. The van der Waals surface area contributed by atoms with Gasteiger partial charge in [0.05, 0.1) is 17.6 Å². The Morgan fingerprint density at radius 1 is 1.62 bits per heavy atom. The van der Waals surface area contributed by atoms with Gasteiger partial charge in [0.15, 0.2) is 0 Å². The zero-order valence-corrected chi connectivity index (χ0v) is 10.2. The molecule has 2 fully saturated rings.